The molecule has 2 aliphatic rings. The summed E-state index contributed by atoms with van der Waals surface area (Å²) in [5, 5.41) is 0. The van der Waals surface area contributed by atoms with Gasteiger partial charge >= 0.3 is 0 Å². The lowest BCUT2D eigenvalue weighted by molar-refractivity contribution is -0.0216. The summed E-state index contributed by atoms with van der Waals surface area (Å²) in [6, 6.07) is 0.740. The minimum absolute atomic E-state index is 0.463. The zero-order valence-electron chi connectivity index (χ0n) is 12.4. The van der Waals surface area contributed by atoms with E-state index in [-0.39, 0.29) is 0 Å². The summed E-state index contributed by atoms with van der Waals surface area (Å²) in [7, 11) is 1.85. The van der Waals surface area contributed by atoms with Crippen molar-refractivity contribution in [2.24, 2.45) is 5.73 Å². The Morgan fingerprint density at radius 3 is 2.58 bits per heavy atom. The van der Waals surface area contributed by atoms with Gasteiger partial charge in [0.25, 0.3) is 0 Å². The van der Waals surface area contributed by atoms with E-state index in [4.69, 9.17) is 15.2 Å². The van der Waals surface area contributed by atoms with Crippen LogP contribution in [-0.2, 0) is 9.47 Å². The highest BCUT2D eigenvalue weighted by atomic mass is 16.5. The maximum Gasteiger partial charge on any atom is 0.0599 e. The van der Waals surface area contributed by atoms with Gasteiger partial charge in [-0.1, -0.05) is 0 Å². The van der Waals surface area contributed by atoms with E-state index in [1.54, 1.807) is 0 Å². The predicted molar refractivity (Wildman–Crippen MR) is 77.3 cm³/mol. The summed E-state index contributed by atoms with van der Waals surface area (Å²) in [5.74, 6) is 0. The van der Waals surface area contributed by atoms with Crippen LogP contribution >= 0.6 is 0 Å². The third-order valence-electron chi connectivity index (χ3n) is 4.63. The second-order valence-electron chi connectivity index (χ2n) is 5.93. The van der Waals surface area contributed by atoms with Crippen LogP contribution in [0.2, 0.25) is 0 Å². The predicted octanol–water partition coefficient (Wildman–Crippen LogP) is 1.77. The highest BCUT2D eigenvalue weighted by Gasteiger charge is 2.29. The van der Waals surface area contributed by atoms with Crippen molar-refractivity contribution >= 4 is 0 Å². The first-order valence-electron chi connectivity index (χ1n) is 7.92. The maximum atomic E-state index is 5.87. The molecular formula is C15H30N2O2. The fourth-order valence-electron chi connectivity index (χ4n) is 3.41. The van der Waals surface area contributed by atoms with Gasteiger partial charge in [0.15, 0.2) is 0 Å². The second kappa shape index (κ2) is 8.20. The van der Waals surface area contributed by atoms with Gasteiger partial charge in [0.1, 0.15) is 0 Å². The lowest BCUT2D eigenvalue weighted by Crippen LogP contribution is -2.46. The van der Waals surface area contributed by atoms with Crippen LogP contribution in [0.1, 0.15) is 44.9 Å². The van der Waals surface area contributed by atoms with Gasteiger partial charge in [0.05, 0.1) is 12.2 Å². The molecule has 2 N–H and O–H groups in total. The van der Waals surface area contributed by atoms with Crippen LogP contribution in [0.15, 0.2) is 0 Å². The van der Waals surface area contributed by atoms with Crippen molar-refractivity contribution in [1.29, 1.82) is 0 Å². The molecule has 2 atom stereocenters. The van der Waals surface area contributed by atoms with Crippen LogP contribution in [0.3, 0.4) is 0 Å². The first-order chi connectivity index (χ1) is 9.33. The quantitative estimate of drug-likeness (QED) is 0.747. The number of piperidine rings is 1. The normalized spacial score (nSPS) is 30.6. The Labute approximate surface area is 117 Å². The molecule has 112 valence electrons. The molecule has 0 bridgehead atoms. The number of ether oxygens (including phenoxy) is 2. The zero-order valence-corrected chi connectivity index (χ0v) is 12.4. The van der Waals surface area contributed by atoms with Gasteiger partial charge in [-0.2, -0.15) is 0 Å². The molecule has 4 heteroatoms. The Hall–Kier alpha value is -0.160. The number of nitrogens with two attached hydrogens (primary N) is 1. The molecule has 1 aliphatic carbocycles. The number of methoxy groups -OCH3 is 1. The van der Waals surface area contributed by atoms with E-state index in [0.29, 0.717) is 12.2 Å². The highest BCUT2D eigenvalue weighted by Crippen LogP contribution is 2.27. The first kappa shape index (κ1) is 15.2. The van der Waals surface area contributed by atoms with E-state index < -0.39 is 0 Å². The minimum atomic E-state index is 0.463. The lowest BCUT2D eigenvalue weighted by Gasteiger charge is -2.40. The summed E-state index contributed by atoms with van der Waals surface area (Å²) in [6.45, 7) is 3.94. The molecule has 0 aromatic heterocycles. The smallest absolute Gasteiger partial charge is 0.0599 e. The molecule has 0 amide bonds. The van der Waals surface area contributed by atoms with Crippen molar-refractivity contribution in [3.8, 4) is 0 Å². The molecule has 0 aromatic rings. The average molecular weight is 270 g/mol. The summed E-state index contributed by atoms with van der Waals surface area (Å²) in [4.78, 5) is 2.66. The van der Waals surface area contributed by atoms with Crippen LogP contribution in [0.4, 0.5) is 0 Å². The zero-order chi connectivity index (χ0) is 13.5. The molecule has 4 nitrogen and oxygen atoms in total. The van der Waals surface area contributed by atoms with Crippen molar-refractivity contribution in [3.63, 3.8) is 0 Å². The molecule has 0 radical (unpaired) electrons. The average Bonchev–Trinajstić information content (AvgIpc) is 2.48. The number of likely N-dealkylation sites (tertiary alicyclic amines) is 1. The fraction of sp³-hybridized carbons (Fsp3) is 1.00. The molecule has 0 aromatic carbocycles. The van der Waals surface area contributed by atoms with Crippen LogP contribution in [0.25, 0.3) is 0 Å². The summed E-state index contributed by atoms with van der Waals surface area (Å²) in [6.07, 6.45) is 9.41. The Morgan fingerprint density at radius 2 is 1.89 bits per heavy atom. The monoisotopic (exact) mass is 270 g/mol. The van der Waals surface area contributed by atoms with Crippen LogP contribution in [-0.4, -0.2) is 56.5 Å². The molecule has 1 saturated carbocycles. The van der Waals surface area contributed by atoms with Crippen LogP contribution < -0.4 is 5.73 Å². The molecule has 2 fully saturated rings. The molecule has 2 rings (SSSR count). The van der Waals surface area contributed by atoms with Crippen molar-refractivity contribution in [1.82, 2.24) is 4.90 Å². The Morgan fingerprint density at radius 1 is 1.11 bits per heavy atom. The standard InChI is InChI=1S/C15H30N2O2/c1-18-15-5-2-4-13(12-15)17-9-6-14(7-10-17)19-11-3-8-16/h13-15H,2-12,16H2,1H3. The van der Waals surface area contributed by atoms with E-state index in [2.05, 4.69) is 4.90 Å². The van der Waals surface area contributed by atoms with Gasteiger partial charge in [-0.05, 0) is 51.5 Å². The number of nitrogens with zero attached hydrogens (tertiary/aromatic N) is 1. The van der Waals surface area contributed by atoms with Gasteiger partial charge in [0, 0.05) is 32.8 Å². The van der Waals surface area contributed by atoms with Gasteiger partial charge < -0.3 is 20.1 Å². The third-order valence-corrected chi connectivity index (χ3v) is 4.63. The van der Waals surface area contributed by atoms with Crippen molar-refractivity contribution in [2.45, 2.75) is 63.2 Å². The third kappa shape index (κ3) is 4.71. The largest absolute Gasteiger partial charge is 0.381 e. The molecule has 1 aliphatic heterocycles. The SMILES string of the molecule is COC1CCCC(N2CCC(OCCCN)CC2)C1. The Kier molecular flexibility index (Phi) is 6.57. The topological polar surface area (TPSA) is 47.7 Å². The molecule has 2 unspecified atom stereocenters. The number of hydrogen-bond donors (Lipinski definition) is 1. The first-order valence-corrected chi connectivity index (χ1v) is 7.92. The van der Waals surface area contributed by atoms with E-state index in [0.717, 1.165) is 25.6 Å². The Bertz CT molecular complexity index is 242. The highest BCUT2D eigenvalue weighted by molar-refractivity contribution is 4.84. The van der Waals surface area contributed by atoms with Crippen molar-refractivity contribution in [2.75, 3.05) is 33.4 Å². The van der Waals surface area contributed by atoms with Gasteiger partial charge in [0.2, 0.25) is 0 Å². The van der Waals surface area contributed by atoms with E-state index >= 15 is 0 Å². The van der Waals surface area contributed by atoms with E-state index in [1.165, 1.54) is 51.6 Å². The van der Waals surface area contributed by atoms with Gasteiger partial charge in [-0.3, -0.25) is 0 Å². The van der Waals surface area contributed by atoms with E-state index in [1.807, 2.05) is 7.11 Å². The molecule has 0 spiro atoms. The van der Waals surface area contributed by atoms with Gasteiger partial charge in [-0.25, -0.2) is 0 Å². The van der Waals surface area contributed by atoms with Gasteiger partial charge in [-0.15, -0.1) is 0 Å². The number of hydrogen-bond acceptors (Lipinski definition) is 4. The van der Waals surface area contributed by atoms with E-state index in [9.17, 15) is 0 Å². The molecule has 19 heavy (non-hydrogen) atoms. The summed E-state index contributed by atoms with van der Waals surface area (Å²) in [5.41, 5.74) is 5.49. The summed E-state index contributed by atoms with van der Waals surface area (Å²) >= 11 is 0. The van der Waals surface area contributed by atoms with Crippen LogP contribution in [0.5, 0.6) is 0 Å². The molecular weight excluding hydrogens is 240 g/mol. The minimum Gasteiger partial charge on any atom is -0.381 e. The van der Waals surface area contributed by atoms with Crippen molar-refractivity contribution < 1.29 is 9.47 Å². The number of rotatable bonds is 6. The lowest BCUT2D eigenvalue weighted by atomic mass is 9.90. The van der Waals surface area contributed by atoms with Crippen LogP contribution in [0, 0.1) is 0 Å². The molecule has 1 saturated heterocycles. The fourth-order valence-corrected chi connectivity index (χ4v) is 3.41. The molecule has 1 heterocycles. The Balaban J connectivity index is 1.67. The second-order valence-corrected chi connectivity index (χ2v) is 5.93. The van der Waals surface area contributed by atoms with Crippen molar-refractivity contribution in [3.05, 3.63) is 0 Å². The maximum absolute atomic E-state index is 5.87. The summed E-state index contributed by atoms with van der Waals surface area (Å²) < 4.78 is 11.4.